The van der Waals surface area contributed by atoms with Crippen LogP contribution in [-0.2, 0) is 35.6 Å². The molecule has 4 rings (SSSR count). The molecule has 0 N–H and O–H groups in total. The molecule has 0 bridgehead atoms. The number of benzene rings is 1. The Morgan fingerprint density at radius 3 is 2.53 bits per heavy atom. The molecule has 0 radical (unpaired) electrons. The molecule has 1 unspecified atom stereocenters. The number of nitrogens with zero attached hydrogens (tertiary/aromatic N) is 7. The van der Waals surface area contributed by atoms with E-state index < -0.39 is 0 Å². The monoisotopic (exact) mass is 543 g/mol. The van der Waals surface area contributed by atoms with Gasteiger partial charge >= 0.3 is 0 Å². The van der Waals surface area contributed by atoms with Crippen molar-refractivity contribution in [2.24, 2.45) is 5.92 Å². The molecule has 10 nitrogen and oxygen atoms in total. The van der Waals surface area contributed by atoms with Gasteiger partial charge in [0.05, 0.1) is 12.5 Å². The average molecular weight is 544 g/mol. The summed E-state index contributed by atoms with van der Waals surface area (Å²) in [4.78, 5) is 40.4. The Kier molecular flexibility index (Phi) is 10.8. The fourth-order valence-corrected chi connectivity index (χ4v) is 4.62. The third-order valence-corrected chi connectivity index (χ3v) is 6.88. The second-order valence-electron chi connectivity index (χ2n) is 9.63. The normalized spacial score (nSPS) is 14.7. The quantitative estimate of drug-likeness (QED) is 0.366. The number of aryl methyl sites for hydroxylation is 2. The van der Waals surface area contributed by atoms with Crippen LogP contribution in [0, 0.1) is 12.8 Å². The molecule has 1 aromatic carbocycles. The molecule has 1 aliphatic rings. The maximum Gasteiger partial charge on any atom is 0.227 e. The van der Waals surface area contributed by atoms with E-state index in [-0.39, 0.29) is 30.1 Å². The molecule has 1 saturated heterocycles. The summed E-state index contributed by atoms with van der Waals surface area (Å²) in [5.74, 6) is 2.16. The number of amides is 2. The molecule has 2 amide bonds. The first-order valence-corrected chi connectivity index (χ1v) is 13.0. The van der Waals surface area contributed by atoms with Gasteiger partial charge in [0.2, 0.25) is 17.7 Å². The molecule has 2 aromatic heterocycles. The van der Waals surface area contributed by atoms with E-state index in [0.717, 1.165) is 24.5 Å². The van der Waals surface area contributed by atoms with Gasteiger partial charge in [-0.1, -0.05) is 42.4 Å². The standard InChI is InChI=1S/C27H37N7O3.ClH/c1-4-32(19-23-8-6-5-7-9-23)26(35)11-10-25-29-24(30-37-25)20-31-14-16-33(17-15-31)27(36)21(2)18-34-13-12-28-22(34)3;/h5-9,12-13,21H,4,10-11,14-20H2,1-3H3;1H. The van der Waals surface area contributed by atoms with Gasteiger partial charge in [0.1, 0.15) is 5.82 Å². The molecule has 0 aliphatic carbocycles. The van der Waals surface area contributed by atoms with Gasteiger partial charge in [-0.2, -0.15) is 4.98 Å². The number of carbonyl (C=O) groups excluding carboxylic acids is 2. The highest BCUT2D eigenvalue weighted by atomic mass is 35.5. The SMILES string of the molecule is CCN(Cc1ccccc1)C(=O)CCc1nc(CN2CCN(C(=O)C(C)Cn3ccnc3C)CC2)no1.Cl. The Labute approximate surface area is 230 Å². The number of aromatic nitrogens is 4. The lowest BCUT2D eigenvalue weighted by molar-refractivity contribution is -0.137. The van der Waals surface area contributed by atoms with E-state index in [9.17, 15) is 9.59 Å². The van der Waals surface area contributed by atoms with Crippen LogP contribution in [0.15, 0.2) is 47.2 Å². The predicted octanol–water partition coefficient (Wildman–Crippen LogP) is 2.96. The first-order chi connectivity index (χ1) is 17.9. The van der Waals surface area contributed by atoms with Crippen molar-refractivity contribution in [2.75, 3.05) is 32.7 Å². The maximum absolute atomic E-state index is 12.9. The molecule has 3 aromatic rings. The topological polar surface area (TPSA) is 101 Å². The lowest BCUT2D eigenvalue weighted by Gasteiger charge is -2.35. The van der Waals surface area contributed by atoms with Gasteiger partial charge in [-0.3, -0.25) is 14.5 Å². The number of hydrogen-bond acceptors (Lipinski definition) is 7. The van der Waals surface area contributed by atoms with Gasteiger partial charge < -0.3 is 18.9 Å². The van der Waals surface area contributed by atoms with Gasteiger partial charge in [0.25, 0.3) is 0 Å². The zero-order valence-electron chi connectivity index (χ0n) is 22.5. The van der Waals surface area contributed by atoms with Crippen LogP contribution in [0.1, 0.15) is 43.4 Å². The molecule has 1 fully saturated rings. The Morgan fingerprint density at radius 2 is 1.87 bits per heavy atom. The van der Waals surface area contributed by atoms with Crippen LogP contribution in [0.4, 0.5) is 0 Å². The van der Waals surface area contributed by atoms with Crippen LogP contribution in [0.2, 0.25) is 0 Å². The van der Waals surface area contributed by atoms with Crippen LogP contribution in [0.3, 0.4) is 0 Å². The molecule has 206 valence electrons. The number of imidazole rings is 1. The number of halogens is 1. The minimum absolute atomic E-state index is 0. The zero-order chi connectivity index (χ0) is 26.2. The molecule has 1 atom stereocenters. The molecular formula is C27H38ClN7O3. The van der Waals surface area contributed by atoms with Crippen molar-refractivity contribution in [3.63, 3.8) is 0 Å². The summed E-state index contributed by atoms with van der Waals surface area (Å²) in [6.45, 7) is 11.2. The summed E-state index contributed by atoms with van der Waals surface area (Å²) in [6.07, 6.45) is 4.43. The fraction of sp³-hybridized carbons (Fsp3) is 0.519. The van der Waals surface area contributed by atoms with E-state index in [0.29, 0.717) is 63.8 Å². The molecule has 1 aliphatic heterocycles. The zero-order valence-corrected chi connectivity index (χ0v) is 23.3. The number of piperazine rings is 1. The largest absolute Gasteiger partial charge is 0.340 e. The van der Waals surface area contributed by atoms with Crippen LogP contribution >= 0.6 is 12.4 Å². The number of rotatable bonds is 11. The molecule has 0 spiro atoms. The maximum atomic E-state index is 12.9. The average Bonchev–Trinajstić information content (AvgIpc) is 3.54. The van der Waals surface area contributed by atoms with Crippen LogP contribution in [-0.4, -0.2) is 78.9 Å². The summed E-state index contributed by atoms with van der Waals surface area (Å²) >= 11 is 0. The Balaban J connectivity index is 0.00000400. The molecular weight excluding hydrogens is 506 g/mol. The number of carbonyl (C=O) groups is 2. The van der Waals surface area contributed by atoms with Gasteiger partial charge in [0, 0.05) is 71.0 Å². The van der Waals surface area contributed by atoms with Crippen molar-refractivity contribution in [2.45, 2.75) is 53.2 Å². The van der Waals surface area contributed by atoms with Crippen molar-refractivity contribution in [3.8, 4) is 0 Å². The summed E-state index contributed by atoms with van der Waals surface area (Å²) in [7, 11) is 0. The molecule has 3 heterocycles. The summed E-state index contributed by atoms with van der Waals surface area (Å²) in [5.41, 5.74) is 1.11. The van der Waals surface area contributed by atoms with Gasteiger partial charge in [-0.05, 0) is 19.4 Å². The van der Waals surface area contributed by atoms with E-state index in [1.54, 1.807) is 6.20 Å². The highest BCUT2D eigenvalue weighted by Gasteiger charge is 2.26. The second-order valence-corrected chi connectivity index (χ2v) is 9.63. The van der Waals surface area contributed by atoms with Gasteiger partial charge in [0.15, 0.2) is 5.82 Å². The van der Waals surface area contributed by atoms with E-state index in [1.165, 1.54) is 0 Å². The number of hydrogen-bond donors (Lipinski definition) is 0. The minimum atomic E-state index is -0.0988. The van der Waals surface area contributed by atoms with Gasteiger partial charge in [-0.15, -0.1) is 12.4 Å². The fourth-order valence-electron chi connectivity index (χ4n) is 4.62. The first-order valence-electron chi connectivity index (χ1n) is 13.0. The summed E-state index contributed by atoms with van der Waals surface area (Å²) < 4.78 is 7.43. The lowest BCUT2D eigenvalue weighted by Crippen LogP contribution is -2.50. The lowest BCUT2D eigenvalue weighted by atomic mass is 10.1. The second kappa shape index (κ2) is 14.1. The highest BCUT2D eigenvalue weighted by molar-refractivity contribution is 5.85. The first kappa shape index (κ1) is 29.3. The van der Waals surface area contributed by atoms with E-state index in [1.807, 2.05) is 71.7 Å². The highest BCUT2D eigenvalue weighted by Crippen LogP contribution is 2.13. The molecule has 38 heavy (non-hydrogen) atoms. The van der Waals surface area contributed by atoms with E-state index in [4.69, 9.17) is 4.52 Å². The van der Waals surface area contributed by atoms with Crippen molar-refractivity contribution in [1.29, 1.82) is 0 Å². The van der Waals surface area contributed by atoms with Crippen molar-refractivity contribution >= 4 is 24.2 Å². The summed E-state index contributed by atoms with van der Waals surface area (Å²) in [6, 6.07) is 9.99. The Bertz CT molecular complexity index is 1160. The third kappa shape index (κ3) is 7.88. The smallest absolute Gasteiger partial charge is 0.227 e. The molecule has 0 saturated carbocycles. The Hall–Kier alpha value is -3.24. The van der Waals surface area contributed by atoms with Gasteiger partial charge in [-0.25, -0.2) is 4.98 Å². The predicted molar refractivity (Wildman–Crippen MR) is 145 cm³/mol. The molecule has 11 heteroatoms. The third-order valence-electron chi connectivity index (χ3n) is 6.88. The van der Waals surface area contributed by atoms with Crippen LogP contribution in [0.25, 0.3) is 0 Å². The minimum Gasteiger partial charge on any atom is -0.340 e. The van der Waals surface area contributed by atoms with Crippen molar-refractivity contribution < 1.29 is 14.1 Å². The van der Waals surface area contributed by atoms with E-state index >= 15 is 0 Å². The van der Waals surface area contributed by atoms with Crippen molar-refractivity contribution in [1.82, 2.24) is 34.4 Å². The Morgan fingerprint density at radius 1 is 1.13 bits per heavy atom. The van der Waals surface area contributed by atoms with E-state index in [2.05, 4.69) is 20.0 Å². The summed E-state index contributed by atoms with van der Waals surface area (Å²) in [5, 5.41) is 4.11. The van der Waals surface area contributed by atoms with Crippen LogP contribution in [0.5, 0.6) is 0 Å². The van der Waals surface area contributed by atoms with Crippen LogP contribution < -0.4 is 0 Å². The van der Waals surface area contributed by atoms with Crippen molar-refractivity contribution in [3.05, 3.63) is 65.8 Å².